The molecule has 1 saturated heterocycles. The molecule has 25 heavy (non-hydrogen) atoms. The maximum atomic E-state index is 12.6. The van der Waals surface area contributed by atoms with Gasteiger partial charge in [0.05, 0.1) is 11.0 Å². The molecule has 0 aliphatic carbocycles. The highest BCUT2D eigenvalue weighted by Gasteiger charge is 2.26. The molecule has 1 atom stereocenters. The van der Waals surface area contributed by atoms with Crippen LogP contribution in [-0.4, -0.2) is 38.4 Å². The van der Waals surface area contributed by atoms with Crippen molar-refractivity contribution in [3.63, 3.8) is 0 Å². The highest BCUT2D eigenvalue weighted by atomic mass is 16.2. The molecule has 128 valence electrons. The number of carbonyl (C=O) groups excluding carboxylic acids is 1. The van der Waals surface area contributed by atoms with Crippen LogP contribution in [0.15, 0.2) is 53.5 Å². The van der Waals surface area contributed by atoms with Crippen molar-refractivity contribution in [2.24, 2.45) is 0 Å². The van der Waals surface area contributed by atoms with Crippen LogP contribution in [0.3, 0.4) is 0 Å². The summed E-state index contributed by atoms with van der Waals surface area (Å²) >= 11 is 0. The van der Waals surface area contributed by atoms with Gasteiger partial charge in [0.15, 0.2) is 0 Å². The van der Waals surface area contributed by atoms with Crippen LogP contribution in [0.1, 0.15) is 24.6 Å². The van der Waals surface area contributed by atoms with Gasteiger partial charge in [-0.3, -0.25) is 9.59 Å². The summed E-state index contributed by atoms with van der Waals surface area (Å²) in [5.74, 6) is 1.13. The standard InChI is InChI=1S/C19H20N4O2/c24-17-9-3-4-10-23(17)13-18(25)22-11-5-6-14(12-22)19-20-15-7-1-2-8-16(15)21-19/h1-4,7-10,14H,5-6,11-13H2,(H,20,21). The van der Waals surface area contributed by atoms with Crippen LogP contribution in [0, 0.1) is 0 Å². The summed E-state index contributed by atoms with van der Waals surface area (Å²) in [5, 5.41) is 0. The summed E-state index contributed by atoms with van der Waals surface area (Å²) in [6.07, 6.45) is 3.60. The van der Waals surface area contributed by atoms with Crippen LogP contribution in [0.25, 0.3) is 11.0 Å². The minimum atomic E-state index is -0.151. The monoisotopic (exact) mass is 336 g/mol. The highest BCUT2D eigenvalue weighted by Crippen LogP contribution is 2.26. The molecule has 4 rings (SSSR count). The fraction of sp³-hybridized carbons (Fsp3) is 0.316. The second-order valence-corrected chi connectivity index (χ2v) is 6.48. The lowest BCUT2D eigenvalue weighted by molar-refractivity contribution is -0.133. The van der Waals surface area contributed by atoms with Crippen molar-refractivity contribution in [1.29, 1.82) is 0 Å². The number of carbonyl (C=O) groups is 1. The number of para-hydroxylation sites is 2. The topological polar surface area (TPSA) is 71.0 Å². The van der Waals surface area contributed by atoms with Crippen molar-refractivity contribution in [2.75, 3.05) is 13.1 Å². The molecule has 1 N–H and O–H groups in total. The Kier molecular flexibility index (Phi) is 4.09. The fourth-order valence-electron chi connectivity index (χ4n) is 3.43. The Morgan fingerprint density at radius 3 is 2.88 bits per heavy atom. The normalized spacial score (nSPS) is 17.8. The van der Waals surface area contributed by atoms with Gasteiger partial charge in [-0.15, -0.1) is 0 Å². The molecule has 1 aromatic carbocycles. The van der Waals surface area contributed by atoms with Gasteiger partial charge in [-0.1, -0.05) is 18.2 Å². The van der Waals surface area contributed by atoms with Crippen LogP contribution in [-0.2, 0) is 11.3 Å². The number of hydrogen-bond acceptors (Lipinski definition) is 3. The molecule has 1 aliphatic rings. The summed E-state index contributed by atoms with van der Waals surface area (Å²) in [6, 6.07) is 12.9. The van der Waals surface area contributed by atoms with E-state index in [1.165, 1.54) is 10.6 Å². The summed E-state index contributed by atoms with van der Waals surface area (Å²) in [6.45, 7) is 1.46. The third-order valence-corrected chi connectivity index (χ3v) is 4.77. The van der Waals surface area contributed by atoms with Gasteiger partial charge in [0.2, 0.25) is 5.91 Å². The van der Waals surface area contributed by atoms with E-state index in [0.717, 1.165) is 36.2 Å². The number of nitrogens with zero attached hydrogens (tertiary/aromatic N) is 3. The Bertz CT molecular complexity index is 926. The molecule has 0 spiro atoms. The minimum absolute atomic E-state index is 0.0193. The Labute approximate surface area is 145 Å². The van der Waals surface area contributed by atoms with E-state index in [4.69, 9.17) is 0 Å². The number of likely N-dealkylation sites (tertiary alicyclic amines) is 1. The Balaban J connectivity index is 1.49. The van der Waals surface area contributed by atoms with E-state index in [1.54, 1.807) is 18.3 Å². The molecular weight excluding hydrogens is 316 g/mol. The molecule has 3 aromatic rings. The van der Waals surface area contributed by atoms with Gasteiger partial charge in [-0.2, -0.15) is 0 Å². The van der Waals surface area contributed by atoms with Gasteiger partial charge in [0, 0.05) is 31.3 Å². The van der Waals surface area contributed by atoms with Crippen LogP contribution >= 0.6 is 0 Å². The summed E-state index contributed by atoms with van der Waals surface area (Å²) < 4.78 is 1.45. The molecule has 0 bridgehead atoms. The number of fused-ring (bicyclic) bond motifs is 1. The van der Waals surface area contributed by atoms with Crippen LogP contribution < -0.4 is 5.56 Å². The Hall–Kier alpha value is -2.89. The number of aromatic nitrogens is 3. The number of benzene rings is 1. The van der Waals surface area contributed by atoms with Crippen LogP contribution in [0.5, 0.6) is 0 Å². The van der Waals surface area contributed by atoms with E-state index in [1.807, 2.05) is 29.2 Å². The first-order valence-electron chi connectivity index (χ1n) is 8.58. The molecule has 6 heteroatoms. The number of pyridine rings is 1. The summed E-state index contributed by atoms with van der Waals surface area (Å²) in [7, 11) is 0. The lowest BCUT2D eigenvalue weighted by Gasteiger charge is -2.32. The van der Waals surface area contributed by atoms with Crippen molar-refractivity contribution in [3.05, 3.63) is 64.8 Å². The number of H-pyrrole nitrogens is 1. The van der Waals surface area contributed by atoms with Gasteiger partial charge in [0.25, 0.3) is 5.56 Å². The maximum absolute atomic E-state index is 12.6. The van der Waals surface area contributed by atoms with Crippen molar-refractivity contribution in [3.8, 4) is 0 Å². The molecule has 0 radical (unpaired) electrons. The number of hydrogen-bond donors (Lipinski definition) is 1. The molecule has 1 unspecified atom stereocenters. The third kappa shape index (κ3) is 3.20. The van der Waals surface area contributed by atoms with E-state index >= 15 is 0 Å². The van der Waals surface area contributed by atoms with Crippen molar-refractivity contribution >= 4 is 16.9 Å². The quantitative estimate of drug-likeness (QED) is 0.796. The average molecular weight is 336 g/mol. The highest BCUT2D eigenvalue weighted by molar-refractivity contribution is 5.76. The SMILES string of the molecule is O=C(Cn1ccccc1=O)N1CCCC(c2nc3ccccc3[nH]2)C1. The second kappa shape index (κ2) is 6.55. The lowest BCUT2D eigenvalue weighted by Crippen LogP contribution is -2.42. The Morgan fingerprint density at radius 1 is 1.20 bits per heavy atom. The second-order valence-electron chi connectivity index (χ2n) is 6.48. The van der Waals surface area contributed by atoms with E-state index in [2.05, 4.69) is 9.97 Å². The zero-order chi connectivity index (χ0) is 17.2. The number of aromatic amines is 1. The summed E-state index contributed by atoms with van der Waals surface area (Å²) in [5.41, 5.74) is 1.83. The molecule has 3 heterocycles. The number of rotatable bonds is 3. The van der Waals surface area contributed by atoms with Gasteiger partial charge in [0.1, 0.15) is 12.4 Å². The largest absolute Gasteiger partial charge is 0.342 e. The maximum Gasteiger partial charge on any atom is 0.250 e. The van der Waals surface area contributed by atoms with Gasteiger partial charge in [-0.25, -0.2) is 4.98 Å². The van der Waals surface area contributed by atoms with Crippen molar-refractivity contribution < 1.29 is 4.79 Å². The first kappa shape index (κ1) is 15.6. The first-order chi connectivity index (χ1) is 12.2. The summed E-state index contributed by atoms with van der Waals surface area (Å²) in [4.78, 5) is 34.3. The molecule has 1 aliphatic heterocycles. The molecule has 2 aromatic heterocycles. The van der Waals surface area contributed by atoms with Crippen LogP contribution in [0.4, 0.5) is 0 Å². The zero-order valence-electron chi connectivity index (χ0n) is 13.9. The van der Waals surface area contributed by atoms with Gasteiger partial charge >= 0.3 is 0 Å². The zero-order valence-corrected chi connectivity index (χ0v) is 13.9. The molecule has 1 amide bonds. The van der Waals surface area contributed by atoms with Gasteiger partial charge in [-0.05, 0) is 31.0 Å². The van der Waals surface area contributed by atoms with Crippen LogP contribution in [0.2, 0.25) is 0 Å². The molecular formula is C19H20N4O2. The number of amides is 1. The molecule has 1 fully saturated rings. The van der Waals surface area contributed by atoms with Crippen molar-refractivity contribution in [2.45, 2.75) is 25.3 Å². The van der Waals surface area contributed by atoms with E-state index in [9.17, 15) is 9.59 Å². The van der Waals surface area contributed by atoms with E-state index in [-0.39, 0.29) is 23.9 Å². The number of piperidine rings is 1. The molecule has 0 saturated carbocycles. The van der Waals surface area contributed by atoms with E-state index < -0.39 is 0 Å². The van der Waals surface area contributed by atoms with Gasteiger partial charge < -0.3 is 14.5 Å². The predicted molar refractivity (Wildman–Crippen MR) is 95.4 cm³/mol. The minimum Gasteiger partial charge on any atom is -0.342 e. The molecule has 6 nitrogen and oxygen atoms in total. The third-order valence-electron chi connectivity index (χ3n) is 4.77. The fourth-order valence-corrected chi connectivity index (χ4v) is 3.43. The Morgan fingerprint density at radius 2 is 2.04 bits per heavy atom. The lowest BCUT2D eigenvalue weighted by atomic mass is 9.97. The predicted octanol–water partition coefficient (Wildman–Crippen LogP) is 2.13. The van der Waals surface area contributed by atoms with Crippen molar-refractivity contribution in [1.82, 2.24) is 19.4 Å². The first-order valence-corrected chi connectivity index (χ1v) is 8.58. The smallest absolute Gasteiger partial charge is 0.250 e. The van der Waals surface area contributed by atoms with E-state index in [0.29, 0.717) is 6.54 Å². The number of imidazole rings is 1. The average Bonchev–Trinajstić information content (AvgIpc) is 3.08. The number of nitrogens with one attached hydrogen (secondary N) is 1.